The molecule has 0 spiro atoms. The number of benzene rings is 2. The van der Waals surface area contributed by atoms with Gasteiger partial charge < -0.3 is 10.8 Å². The number of sulfone groups is 1. The van der Waals surface area contributed by atoms with Gasteiger partial charge in [-0.05, 0) is 41.8 Å². The predicted molar refractivity (Wildman–Crippen MR) is 100 cm³/mol. The fraction of sp³-hybridized carbons (Fsp3) is 0.316. The molecule has 0 bridgehead atoms. The third-order valence-corrected chi connectivity index (χ3v) is 7.76. The Labute approximate surface area is 157 Å². The molecule has 0 aliphatic heterocycles. The Morgan fingerprint density at radius 2 is 1.73 bits per heavy atom. The number of aliphatic carboxylic acids is 1. The molecule has 5 nitrogen and oxygen atoms in total. The van der Waals surface area contributed by atoms with Crippen LogP contribution in [0.15, 0.2) is 53.4 Å². The smallest absolute Gasteiger partial charge is 0.312 e. The van der Waals surface area contributed by atoms with Crippen LogP contribution in [0.25, 0.3) is 0 Å². The van der Waals surface area contributed by atoms with Crippen LogP contribution in [0.5, 0.6) is 0 Å². The standard InChI is InChI=1S/C19H20ClNO4S/c1-2-12-3-5-13(6-4-12)16-17(19(16,11-21)18(22)23)26(24,25)15-9-7-14(20)8-10-15/h3-10,16-17H,2,11,21H2,1H3,(H,22,23)/t16-,17+,19-/m0/s1. The topological polar surface area (TPSA) is 97.5 Å². The number of halogens is 1. The number of aryl methyl sites for hydroxylation is 1. The minimum atomic E-state index is -3.88. The molecule has 3 atom stereocenters. The highest BCUT2D eigenvalue weighted by molar-refractivity contribution is 7.92. The van der Waals surface area contributed by atoms with Crippen molar-refractivity contribution in [2.45, 2.75) is 29.4 Å². The summed E-state index contributed by atoms with van der Waals surface area (Å²) in [5.74, 6) is -1.87. The molecule has 0 unspecified atom stereocenters. The van der Waals surface area contributed by atoms with E-state index in [1.807, 2.05) is 19.1 Å². The molecular weight excluding hydrogens is 374 g/mol. The summed E-state index contributed by atoms with van der Waals surface area (Å²) in [6, 6.07) is 13.1. The molecule has 7 heteroatoms. The molecule has 0 saturated heterocycles. The van der Waals surface area contributed by atoms with Crippen LogP contribution in [-0.4, -0.2) is 31.3 Å². The Morgan fingerprint density at radius 1 is 1.15 bits per heavy atom. The van der Waals surface area contributed by atoms with Gasteiger partial charge in [-0.25, -0.2) is 8.42 Å². The van der Waals surface area contributed by atoms with Gasteiger partial charge in [-0.1, -0.05) is 42.8 Å². The summed E-state index contributed by atoms with van der Waals surface area (Å²) in [6.45, 7) is 1.77. The molecule has 1 saturated carbocycles. The van der Waals surface area contributed by atoms with E-state index >= 15 is 0 Å². The lowest BCUT2D eigenvalue weighted by molar-refractivity contribution is -0.143. The first-order valence-corrected chi connectivity index (χ1v) is 10.2. The third kappa shape index (κ3) is 2.82. The molecule has 3 N–H and O–H groups in total. The number of carbonyl (C=O) groups is 1. The van der Waals surface area contributed by atoms with Crippen LogP contribution in [0.4, 0.5) is 0 Å². The van der Waals surface area contributed by atoms with Crippen molar-refractivity contribution < 1.29 is 18.3 Å². The summed E-state index contributed by atoms with van der Waals surface area (Å²) < 4.78 is 26.3. The molecule has 2 aromatic rings. The number of nitrogens with two attached hydrogens (primary N) is 1. The van der Waals surface area contributed by atoms with E-state index in [0.717, 1.165) is 12.0 Å². The van der Waals surface area contributed by atoms with Gasteiger partial charge in [0.15, 0.2) is 9.84 Å². The van der Waals surface area contributed by atoms with Crippen LogP contribution in [0.3, 0.4) is 0 Å². The molecule has 3 rings (SSSR count). The van der Waals surface area contributed by atoms with Gasteiger partial charge in [0.2, 0.25) is 0 Å². The second kappa shape index (κ2) is 6.68. The van der Waals surface area contributed by atoms with Gasteiger partial charge in [-0.3, -0.25) is 4.79 Å². The van der Waals surface area contributed by atoms with Crippen LogP contribution in [0, 0.1) is 5.41 Å². The fourth-order valence-electron chi connectivity index (χ4n) is 3.65. The van der Waals surface area contributed by atoms with Gasteiger partial charge >= 0.3 is 5.97 Å². The van der Waals surface area contributed by atoms with E-state index in [1.54, 1.807) is 12.1 Å². The highest BCUT2D eigenvalue weighted by Gasteiger charge is 2.75. The number of rotatable bonds is 6. The largest absolute Gasteiger partial charge is 0.481 e. The lowest BCUT2D eigenvalue weighted by Crippen LogP contribution is -2.31. The van der Waals surface area contributed by atoms with E-state index in [4.69, 9.17) is 17.3 Å². The van der Waals surface area contributed by atoms with Crippen LogP contribution >= 0.6 is 11.6 Å². The maximum Gasteiger partial charge on any atom is 0.312 e. The Morgan fingerprint density at radius 3 is 2.19 bits per heavy atom. The molecule has 0 amide bonds. The normalized spacial score (nSPS) is 25.0. The van der Waals surface area contributed by atoms with Crippen LogP contribution in [-0.2, 0) is 21.1 Å². The van der Waals surface area contributed by atoms with E-state index in [1.165, 1.54) is 24.3 Å². The second-order valence-electron chi connectivity index (χ2n) is 6.54. The number of carboxylic acids is 1. The van der Waals surface area contributed by atoms with Crippen LogP contribution in [0.1, 0.15) is 24.0 Å². The molecule has 1 aliphatic rings. The third-order valence-electron chi connectivity index (χ3n) is 5.22. The zero-order valence-corrected chi connectivity index (χ0v) is 15.8. The van der Waals surface area contributed by atoms with E-state index in [0.29, 0.717) is 10.6 Å². The van der Waals surface area contributed by atoms with Crippen molar-refractivity contribution in [3.05, 3.63) is 64.7 Å². The summed E-state index contributed by atoms with van der Waals surface area (Å²) in [6.07, 6.45) is 0.846. The fourth-order valence-corrected chi connectivity index (χ4v) is 6.16. The monoisotopic (exact) mass is 393 g/mol. The van der Waals surface area contributed by atoms with Crippen molar-refractivity contribution in [1.29, 1.82) is 0 Å². The quantitative estimate of drug-likeness (QED) is 0.786. The summed E-state index contributed by atoms with van der Waals surface area (Å²) in [5.41, 5.74) is 6.03. The summed E-state index contributed by atoms with van der Waals surface area (Å²) in [5, 5.41) is 9.10. The van der Waals surface area contributed by atoms with Crippen LogP contribution < -0.4 is 5.73 Å². The molecule has 0 aromatic heterocycles. The lowest BCUT2D eigenvalue weighted by Gasteiger charge is -2.10. The molecule has 2 aromatic carbocycles. The van der Waals surface area contributed by atoms with Crippen LogP contribution in [0.2, 0.25) is 5.02 Å². The van der Waals surface area contributed by atoms with E-state index in [-0.39, 0.29) is 11.4 Å². The Kier molecular flexibility index (Phi) is 4.86. The summed E-state index contributed by atoms with van der Waals surface area (Å²) in [7, 11) is -3.88. The zero-order valence-electron chi connectivity index (χ0n) is 14.2. The number of hydrogen-bond acceptors (Lipinski definition) is 4. The van der Waals surface area contributed by atoms with Gasteiger partial charge in [0.05, 0.1) is 10.1 Å². The van der Waals surface area contributed by atoms with E-state index in [2.05, 4.69) is 0 Å². The van der Waals surface area contributed by atoms with Crippen molar-refractivity contribution in [3.8, 4) is 0 Å². The van der Waals surface area contributed by atoms with Crippen molar-refractivity contribution >= 4 is 27.4 Å². The van der Waals surface area contributed by atoms with E-state index in [9.17, 15) is 18.3 Å². The number of carboxylic acid groups (broad SMARTS) is 1. The molecule has 1 aliphatic carbocycles. The molecule has 0 radical (unpaired) electrons. The summed E-state index contributed by atoms with van der Waals surface area (Å²) in [4.78, 5) is 12.1. The van der Waals surface area contributed by atoms with Crippen molar-refractivity contribution in [2.24, 2.45) is 11.1 Å². The maximum absolute atomic E-state index is 13.1. The maximum atomic E-state index is 13.1. The Hall–Kier alpha value is -1.89. The average molecular weight is 394 g/mol. The molecule has 26 heavy (non-hydrogen) atoms. The second-order valence-corrected chi connectivity index (χ2v) is 9.05. The lowest BCUT2D eigenvalue weighted by atomic mass is 9.98. The molecule has 1 fully saturated rings. The highest BCUT2D eigenvalue weighted by atomic mass is 35.5. The van der Waals surface area contributed by atoms with Crippen molar-refractivity contribution in [2.75, 3.05) is 6.54 Å². The van der Waals surface area contributed by atoms with Crippen molar-refractivity contribution in [1.82, 2.24) is 0 Å². The van der Waals surface area contributed by atoms with Gasteiger partial charge in [-0.15, -0.1) is 0 Å². The minimum absolute atomic E-state index is 0.0543. The molecular formula is C19H20ClNO4S. The van der Waals surface area contributed by atoms with E-state index < -0.39 is 32.4 Å². The van der Waals surface area contributed by atoms with Gasteiger partial charge in [0, 0.05) is 17.5 Å². The van der Waals surface area contributed by atoms with Gasteiger partial charge in [0.1, 0.15) is 5.41 Å². The summed E-state index contributed by atoms with van der Waals surface area (Å²) >= 11 is 5.83. The first-order chi connectivity index (χ1) is 12.3. The predicted octanol–water partition coefficient (Wildman–Crippen LogP) is 2.87. The first-order valence-electron chi connectivity index (χ1n) is 8.30. The minimum Gasteiger partial charge on any atom is -0.481 e. The molecule has 0 heterocycles. The van der Waals surface area contributed by atoms with Crippen molar-refractivity contribution in [3.63, 3.8) is 0 Å². The zero-order chi connectivity index (χ0) is 19.1. The molecule has 138 valence electrons. The average Bonchev–Trinajstić information content (AvgIpc) is 3.34. The van der Waals surface area contributed by atoms with Gasteiger partial charge in [-0.2, -0.15) is 0 Å². The Bertz CT molecular complexity index is 925. The van der Waals surface area contributed by atoms with Gasteiger partial charge in [0.25, 0.3) is 0 Å². The first kappa shape index (κ1) is 18.9. The number of hydrogen-bond donors (Lipinski definition) is 2. The Balaban J connectivity index is 2.08. The highest BCUT2D eigenvalue weighted by Crippen LogP contribution is 2.63. The SMILES string of the molecule is CCc1ccc([C@H]2[C@@H](S(=O)(=O)c3ccc(Cl)cc3)[C@@]2(CN)C(=O)O)cc1.